The summed E-state index contributed by atoms with van der Waals surface area (Å²) in [7, 11) is 0. The van der Waals surface area contributed by atoms with E-state index in [0.717, 1.165) is 80.9 Å². The highest BCUT2D eigenvalue weighted by Crippen LogP contribution is 2.43. The SMILES string of the molecule is CC(C)(C)c1cc(CN2C(=O)C3(CCCCC3)NC3(CCCCC3)C2=O)cc(C(C)(C)C)c1O. The van der Waals surface area contributed by atoms with Crippen molar-refractivity contribution in [3.63, 3.8) is 0 Å². The van der Waals surface area contributed by atoms with E-state index in [-0.39, 0.29) is 29.2 Å². The zero-order valence-electron chi connectivity index (χ0n) is 22.1. The van der Waals surface area contributed by atoms with Crippen LogP contribution >= 0.6 is 0 Å². The molecular formula is C29H44N2O3. The van der Waals surface area contributed by atoms with Gasteiger partial charge in [0.1, 0.15) is 5.75 Å². The lowest BCUT2D eigenvalue weighted by Crippen LogP contribution is -2.76. The number of nitrogens with one attached hydrogen (secondary N) is 1. The van der Waals surface area contributed by atoms with Gasteiger partial charge in [-0.2, -0.15) is 0 Å². The standard InChI is InChI=1S/C29H44N2O3/c1-26(2,3)21-17-20(18-22(23(21)32)27(4,5)6)19-31-24(33)28(13-9-7-10-14-28)30-29(25(31)34)15-11-8-12-16-29/h17-18,30,32H,7-16,19H2,1-6H3. The Morgan fingerprint density at radius 3 is 1.50 bits per heavy atom. The molecule has 2 aliphatic carbocycles. The Hall–Kier alpha value is -1.88. The van der Waals surface area contributed by atoms with Gasteiger partial charge in [-0.1, -0.05) is 80.1 Å². The second kappa shape index (κ2) is 8.65. The molecule has 4 rings (SSSR count). The van der Waals surface area contributed by atoms with Crippen LogP contribution in [0.2, 0.25) is 0 Å². The van der Waals surface area contributed by atoms with E-state index < -0.39 is 11.1 Å². The summed E-state index contributed by atoms with van der Waals surface area (Å²) in [6.45, 7) is 12.8. The monoisotopic (exact) mass is 468 g/mol. The van der Waals surface area contributed by atoms with Crippen molar-refractivity contribution in [1.82, 2.24) is 10.2 Å². The van der Waals surface area contributed by atoms with Crippen molar-refractivity contribution in [3.05, 3.63) is 28.8 Å². The summed E-state index contributed by atoms with van der Waals surface area (Å²) in [4.78, 5) is 29.5. The number of phenolic OH excluding ortho intramolecular Hbond substituents is 1. The first-order valence-electron chi connectivity index (χ1n) is 13.3. The van der Waals surface area contributed by atoms with Crippen LogP contribution in [0.3, 0.4) is 0 Å². The average Bonchev–Trinajstić information content (AvgIpc) is 2.76. The summed E-state index contributed by atoms with van der Waals surface area (Å²) in [6, 6.07) is 4.02. The van der Waals surface area contributed by atoms with Crippen molar-refractivity contribution >= 4 is 11.8 Å². The molecule has 2 N–H and O–H groups in total. The molecule has 3 aliphatic rings. The van der Waals surface area contributed by atoms with Gasteiger partial charge in [0.15, 0.2) is 0 Å². The lowest BCUT2D eigenvalue weighted by molar-refractivity contribution is -0.165. The van der Waals surface area contributed by atoms with Crippen LogP contribution in [0.25, 0.3) is 0 Å². The number of carbonyl (C=O) groups is 2. The van der Waals surface area contributed by atoms with E-state index in [9.17, 15) is 14.7 Å². The van der Waals surface area contributed by atoms with E-state index in [1.165, 1.54) is 0 Å². The van der Waals surface area contributed by atoms with Crippen LogP contribution in [-0.4, -0.2) is 32.9 Å². The van der Waals surface area contributed by atoms with Crippen LogP contribution in [-0.2, 0) is 27.0 Å². The maximum atomic E-state index is 14.0. The van der Waals surface area contributed by atoms with E-state index in [1.54, 1.807) is 4.90 Å². The van der Waals surface area contributed by atoms with Crippen molar-refractivity contribution in [1.29, 1.82) is 0 Å². The Kier molecular flexibility index (Phi) is 6.42. The largest absolute Gasteiger partial charge is 0.507 e. The minimum Gasteiger partial charge on any atom is -0.507 e. The fourth-order valence-electron chi connectivity index (χ4n) is 6.42. The first-order valence-corrected chi connectivity index (χ1v) is 13.3. The van der Waals surface area contributed by atoms with E-state index >= 15 is 0 Å². The second-order valence-corrected chi connectivity index (χ2v) is 13.1. The van der Waals surface area contributed by atoms with E-state index in [2.05, 4.69) is 46.9 Å². The molecule has 2 amide bonds. The molecule has 1 heterocycles. The predicted molar refractivity (Wildman–Crippen MR) is 136 cm³/mol. The number of amides is 2. The summed E-state index contributed by atoms with van der Waals surface area (Å²) in [5, 5.41) is 14.8. The quantitative estimate of drug-likeness (QED) is 0.534. The Morgan fingerprint density at radius 1 is 0.765 bits per heavy atom. The third-order valence-corrected chi connectivity index (χ3v) is 8.33. The van der Waals surface area contributed by atoms with Crippen molar-refractivity contribution in [2.75, 3.05) is 0 Å². The maximum Gasteiger partial charge on any atom is 0.249 e. The minimum absolute atomic E-state index is 0.0453. The Morgan fingerprint density at radius 2 is 1.15 bits per heavy atom. The normalized spacial score (nSPS) is 23.1. The van der Waals surface area contributed by atoms with Gasteiger partial charge >= 0.3 is 0 Å². The van der Waals surface area contributed by atoms with E-state index in [0.29, 0.717) is 5.75 Å². The lowest BCUT2D eigenvalue weighted by Gasteiger charge is -2.53. The van der Waals surface area contributed by atoms with Crippen LogP contribution in [0.5, 0.6) is 5.75 Å². The number of nitrogens with zero attached hydrogens (tertiary/aromatic N) is 1. The zero-order valence-corrected chi connectivity index (χ0v) is 22.1. The smallest absolute Gasteiger partial charge is 0.249 e. The molecule has 1 aromatic rings. The van der Waals surface area contributed by atoms with Gasteiger partial charge in [0.05, 0.1) is 17.6 Å². The fourth-order valence-corrected chi connectivity index (χ4v) is 6.42. The number of imide groups is 1. The molecule has 0 bridgehead atoms. The molecule has 2 spiro atoms. The number of benzene rings is 1. The highest BCUT2D eigenvalue weighted by atomic mass is 16.3. The van der Waals surface area contributed by atoms with Gasteiger partial charge in [-0.25, -0.2) is 0 Å². The number of rotatable bonds is 2. The number of carbonyl (C=O) groups excluding carboxylic acids is 2. The van der Waals surface area contributed by atoms with E-state index in [1.807, 2.05) is 12.1 Å². The first-order chi connectivity index (χ1) is 15.8. The maximum absolute atomic E-state index is 14.0. The molecule has 188 valence electrons. The van der Waals surface area contributed by atoms with Crippen LogP contribution in [0.1, 0.15) is 122 Å². The summed E-state index contributed by atoms with van der Waals surface area (Å²) in [6.07, 6.45) is 9.66. The van der Waals surface area contributed by atoms with Gasteiger partial charge in [-0.05, 0) is 65.3 Å². The van der Waals surface area contributed by atoms with Gasteiger partial charge in [0.2, 0.25) is 11.8 Å². The number of hydrogen-bond donors (Lipinski definition) is 2. The Bertz CT molecular complexity index is 884. The topological polar surface area (TPSA) is 69.6 Å². The van der Waals surface area contributed by atoms with Crippen molar-refractivity contribution in [2.45, 2.75) is 134 Å². The van der Waals surface area contributed by atoms with Gasteiger partial charge < -0.3 is 5.11 Å². The van der Waals surface area contributed by atoms with Crippen LogP contribution in [0.4, 0.5) is 0 Å². The third kappa shape index (κ3) is 4.41. The summed E-state index contributed by atoms with van der Waals surface area (Å²) in [5.74, 6) is 0.237. The summed E-state index contributed by atoms with van der Waals surface area (Å²) < 4.78 is 0. The number of phenols is 1. The minimum atomic E-state index is -0.611. The van der Waals surface area contributed by atoms with Gasteiger partial charge in [0, 0.05) is 0 Å². The Balaban J connectivity index is 1.78. The number of hydrogen-bond acceptors (Lipinski definition) is 4. The molecule has 1 aromatic carbocycles. The first kappa shape index (κ1) is 25.2. The van der Waals surface area contributed by atoms with Crippen LogP contribution < -0.4 is 5.32 Å². The highest BCUT2D eigenvalue weighted by molar-refractivity contribution is 6.07. The van der Waals surface area contributed by atoms with Crippen molar-refractivity contribution in [2.24, 2.45) is 0 Å². The average molecular weight is 469 g/mol. The molecule has 5 nitrogen and oxygen atoms in total. The van der Waals surface area contributed by atoms with Crippen LogP contribution in [0, 0.1) is 0 Å². The molecule has 0 unspecified atom stereocenters. The molecule has 2 saturated carbocycles. The second-order valence-electron chi connectivity index (χ2n) is 13.1. The van der Waals surface area contributed by atoms with Crippen LogP contribution in [0.15, 0.2) is 12.1 Å². The lowest BCUT2D eigenvalue weighted by atomic mass is 9.71. The predicted octanol–water partition coefficient (Wildman–Crippen LogP) is 5.85. The number of piperazine rings is 1. The molecule has 5 heteroatoms. The number of aromatic hydroxyl groups is 1. The van der Waals surface area contributed by atoms with Crippen molar-refractivity contribution < 1.29 is 14.7 Å². The van der Waals surface area contributed by atoms with Crippen molar-refractivity contribution in [3.8, 4) is 5.75 Å². The molecule has 3 fully saturated rings. The zero-order chi connectivity index (χ0) is 24.9. The van der Waals surface area contributed by atoms with Gasteiger partial charge in [-0.3, -0.25) is 19.8 Å². The Labute approximate surface area is 205 Å². The fraction of sp³-hybridized carbons (Fsp3) is 0.724. The van der Waals surface area contributed by atoms with Gasteiger partial charge in [-0.15, -0.1) is 0 Å². The molecule has 0 radical (unpaired) electrons. The molecule has 0 atom stereocenters. The molecule has 1 saturated heterocycles. The molecular weight excluding hydrogens is 424 g/mol. The molecule has 1 aliphatic heterocycles. The summed E-state index contributed by atoms with van der Waals surface area (Å²) >= 11 is 0. The van der Waals surface area contributed by atoms with Gasteiger partial charge in [0.25, 0.3) is 0 Å². The molecule has 34 heavy (non-hydrogen) atoms. The summed E-state index contributed by atoms with van der Waals surface area (Å²) in [5.41, 5.74) is 0.919. The highest BCUT2D eigenvalue weighted by Gasteiger charge is 2.57. The molecule has 0 aromatic heterocycles. The van der Waals surface area contributed by atoms with E-state index in [4.69, 9.17) is 0 Å². The third-order valence-electron chi connectivity index (χ3n) is 8.33.